The molecule has 0 spiro atoms. The average Bonchev–Trinajstić information content (AvgIpc) is 2.82. The van der Waals surface area contributed by atoms with E-state index in [1.807, 2.05) is 6.92 Å². The number of rotatable bonds is 8. The van der Waals surface area contributed by atoms with Crippen molar-refractivity contribution in [2.24, 2.45) is 0 Å². The molecule has 0 unspecified atom stereocenters. The van der Waals surface area contributed by atoms with Crippen molar-refractivity contribution >= 4 is 33.2 Å². The van der Waals surface area contributed by atoms with Crippen molar-refractivity contribution in [1.82, 2.24) is 5.32 Å². The third-order valence-electron chi connectivity index (χ3n) is 4.89. The van der Waals surface area contributed by atoms with Crippen LogP contribution in [0.5, 0.6) is 5.75 Å². The van der Waals surface area contributed by atoms with Gasteiger partial charge in [0.1, 0.15) is 12.3 Å². The number of nitrogens with one attached hydrogen (secondary N) is 2. The van der Waals surface area contributed by atoms with Crippen LogP contribution >= 0.6 is 0 Å². The van der Waals surface area contributed by atoms with Gasteiger partial charge in [-0.3, -0.25) is 13.9 Å². The molecule has 3 aromatic carbocycles. The van der Waals surface area contributed by atoms with Crippen LogP contribution < -0.4 is 19.7 Å². The van der Waals surface area contributed by atoms with Crippen molar-refractivity contribution in [2.45, 2.75) is 11.8 Å². The van der Waals surface area contributed by atoms with Gasteiger partial charge in [-0.15, -0.1) is 0 Å². The lowest BCUT2D eigenvalue weighted by Crippen LogP contribution is -2.38. The second kappa shape index (κ2) is 10.2. The highest BCUT2D eigenvalue weighted by Gasteiger charge is 2.27. The highest BCUT2D eigenvalue weighted by molar-refractivity contribution is 7.92. The van der Waals surface area contributed by atoms with E-state index in [1.165, 1.54) is 32.4 Å². The van der Waals surface area contributed by atoms with Crippen LogP contribution in [0.25, 0.3) is 0 Å². The van der Waals surface area contributed by atoms with Crippen LogP contribution in [-0.4, -0.2) is 40.9 Å². The Kier molecular flexibility index (Phi) is 7.34. The Hall–Kier alpha value is -3.85. The quantitative estimate of drug-likeness (QED) is 0.529. The van der Waals surface area contributed by atoms with Gasteiger partial charge in [0.15, 0.2) is 0 Å². The molecule has 33 heavy (non-hydrogen) atoms. The van der Waals surface area contributed by atoms with Gasteiger partial charge in [0.05, 0.1) is 17.7 Å². The van der Waals surface area contributed by atoms with Crippen molar-refractivity contribution in [2.75, 3.05) is 30.3 Å². The van der Waals surface area contributed by atoms with Crippen molar-refractivity contribution in [3.63, 3.8) is 0 Å². The molecular formula is C24H25N3O5S. The molecule has 0 aliphatic rings. The number of anilines is 2. The van der Waals surface area contributed by atoms with E-state index in [9.17, 15) is 18.0 Å². The molecule has 0 heterocycles. The highest BCUT2D eigenvalue weighted by atomic mass is 32.2. The number of hydrogen-bond acceptors (Lipinski definition) is 5. The van der Waals surface area contributed by atoms with Gasteiger partial charge in [-0.2, -0.15) is 0 Å². The monoisotopic (exact) mass is 467 g/mol. The summed E-state index contributed by atoms with van der Waals surface area (Å²) in [5.74, 6) is -0.301. The molecule has 0 aromatic heterocycles. The molecular weight excluding hydrogens is 442 g/mol. The molecule has 3 aromatic rings. The van der Waals surface area contributed by atoms with E-state index in [-0.39, 0.29) is 10.8 Å². The fourth-order valence-corrected chi connectivity index (χ4v) is 4.54. The van der Waals surface area contributed by atoms with Gasteiger partial charge in [-0.05, 0) is 61.5 Å². The zero-order chi connectivity index (χ0) is 24.0. The molecule has 0 radical (unpaired) electrons. The summed E-state index contributed by atoms with van der Waals surface area (Å²) in [5, 5.41) is 5.18. The maximum atomic E-state index is 13.4. The molecule has 0 atom stereocenters. The molecule has 0 saturated carbocycles. The first-order valence-electron chi connectivity index (χ1n) is 10.1. The molecule has 172 valence electrons. The van der Waals surface area contributed by atoms with Gasteiger partial charge in [-0.25, -0.2) is 8.42 Å². The first-order valence-corrected chi connectivity index (χ1v) is 11.5. The Morgan fingerprint density at radius 1 is 0.970 bits per heavy atom. The topological polar surface area (TPSA) is 105 Å². The Morgan fingerprint density at radius 2 is 1.64 bits per heavy atom. The number of amides is 2. The molecule has 0 bridgehead atoms. The molecule has 0 aliphatic carbocycles. The number of ether oxygens (including phenoxy) is 1. The Morgan fingerprint density at radius 3 is 2.24 bits per heavy atom. The van der Waals surface area contributed by atoms with E-state index in [0.717, 1.165) is 9.87 Å². The van der Waals surface area contributed by atoms with Gasteiger partial charge in [-0.1, -0.05) is 23.8 Å². The summed E-state index contributed by atoms with van der Waals surface area (Å²) < 4.78 is 33.1. The van der Waals surface area contributed by atoms with Gasteiger partial charge in [0.25, 0.3) is 15.9 Å². The SMILES string of the molecule is CNC(=O)c1cccc(NC(=O)CN(c2ccc(OC)cc2)S(=O)(=O)c2ccc(C)cc2)c1. The maximum Gasteiger partial charge on any atom is 0.264 e. The summed E-state index contributed by atoms with van der Waals surface area (Å²) >= 11 is 0. The number of hydrogen-bond donors (Lipinski definition) is 2. The Balaban J connectivity index is 1.91. The van der Waals surface area contributed by atoms with Crippen LogP contribution in [0, 0.1) is 6.92 Å². The third-order valence-corrected chi connectivity index (χ3v) is 6.68. The van der Waals surface area contributed by atoms with E-state index in [2.05, 4.69) is 10.6 Å². The minimum Gasteiger partial charge on any atom is -0.497 e. The van der Waals surface area contributed by atoms with E-state index in [0.29, 0.717) is 22.7 Å². The zero-order valence-electron chi connectivity index (χ0n) is 18.5. The lowest BCUT2D eigenvalue weighted by atomic mass is 10.2. The normalized spacial score (nSPS) is 10.9. The molecule has 2 N–H and O–H groups in total. The summed E-state index contributed by atoms with van der Waals surface area (Å²) in [6.45, 7) is 1.39. The maximum absolute atomic E-state index is 13.4. The Bertz CT molecular complexity index is 1240. The summed E-state index contributed by atoms with van der Waals surface area (Å²) in [5.41, 5.74) is 1.97. The average molecular weight is 468 g/mol. The van der Waals surface area contributed by atoms with Gasteiger partial charge < -0.3 is 15.4 Å². The largest absolute Gasteiger partial charge is 0.497 e. The van der Waals surface area contributed by atoms with Crippen LogP contribution in [0.1, 0.15) is 15.9 Å². The van der Waals surface area contributed by atoms with Crippen LogP contribution in [0.4, 0.5) is 11.4 Å². The fraction of sp³-hybridized carbons (Fsp3) is 0.167. The molecule has 2 amide bonds. The van der Waals surface area contributed by atoms with E-state index in [1.54, 1.807) is 54.6 Å². The predicted octanol–water partition coefficient (Wildman–Crippen LogP) is 3.20. The number of carbonyl (C=O) groups is 2. The zero-order valence-corrected chi connectivity index (χ0v) is 19.3. The first kappa shape index (κ1) is 23.8. The fourth-order valence-electron chi connectivity index (χ4n) is 3.11. The van der Waals surface area contributed by atoms with Crippen molar-refractivity contribution < 1.29 is 22.7 Å². The summed E-state index contributed by atoms with van der Waals surface area (Å²) in [7, 11) is -1.02. The number of carbonyl (C=O) groups excluding carboxylic acids is 2. The van der Waals surface area contributed by atoms with Crippen LogP contribution in [0.3, 0.4) is 0 Å². The lowest BCUT2D eigenvalue weighted by molar-refractivity contribution is -0.114. The summed E-state index contributed by atoms with van der Waals surface area (Å²) in [6.07, 6.45) is 0. The molecule has 8 nitrogen and oxygen atoms in total. The molecule has 0 saturated heterocycles. The predicted molar refractivity (Wildman–Crippen MR) is 127 cm³/mol. The standard InChI is InChI=1S/C24H25N3O5S/c1-17-7-13-22(14-8-17)33(30,31)27(20-9-11-21(32-3)12-10-20)16-23(28)26-19-6-4-5-18(15-19)24(29)25-2/h4-15H,16H2,1-3H3,(H,25,29)(H,26,28). The van der Waals surface area contributed by atoms with E-state index >= 15 is 0 Å². The second-order valence-corrected chi connectivity index (χ2v) is 9.09. The van der Waals surface area contributed by atoms with Crippen LogP contribution in [-0.2, 0) is 14.8 Å². The smallest absolute Gasteiger partial charge is 0.264 e. The first-order chi connectivity index (χ1) is 15.7. The second-order valence-electron chi connectivity index (χ2n) is 7.23. The number of nitrogens with zero attached hydrogens (tertiary/aromatic N) is 1. The number of benzene rings is 3. The third kappa shape index (κ3) is 5.69. The Labute approximate surface area is 193 Å². The van der Waals surface area contributed by atoms with Crippen molar-refractivity contribution in [3.8, 4) is 5.75 Å². The minimum absolute atomic E-state index is 0.0679. The molecule has 0 fully saturated rings. The van der Waals surface area contributed by atoms with Crippen molar-refractivity contribution in [1.29, 1.82) is 0 Å². The van der Waals surface area contributed by atoms with E-state index in [4.69, 9.17) is 4.74 Å². The highest BCUT2D eigenvalue weighted by Crippen LogP contribution is 2.26. The van der Waals surface area contributed by atoms with Gasteiger partial charge in [0, 0.05) is 18.3 Å². The molecule has 0 aliphatic heterocycles. The lowest BCUT2D eigenvalue weighted by Gasteiger charge is -2.24. The van der Waals surface area contributed by atoms with Gasteiger partial charge >= 0.3 is 0 Å². The van der Waals surface area contributed by atoms with Gasteiger partial charge in [0.2, 0.25) is 5.91 Å². The van der Waals surface area contributed by atoms with Crippen LogP contribution in [0.15, 0.2) is 77.7 Å². The molecule has 3 rings (SSSR count). The summed E-state index contributed by atoms with van der Waals surface area (Å²) in [4.78, 5) is 24.8. The summed E-state index contributed by atoms with van der Waals surface area (Å²) in [6, 6.07) is 19.2. The number of methoxy groups -OCH3 is 1. The number of aryl methyl sites for hydroxylation is 1. The van der Waals surface area contributed by atoms with E-state index < -0.39 is 22.5 Å². The van der Waals surface area contributed by atoms with Crippen LogP contribution in [0.2, 0.25) is 0 Å². The molecule has 9 heteroatoms. The number of sulfonamides is 1. The van der Waals surface area contributed by atoms with Crippen molar-refractivity contribution in [3.05, 3.63) is 83.9 Å². The minimum atomic E-state index is -4.04.